The van der Waals surface area contributed by atoms with Crippen LogP contribution in [0.25, 0.3) is 21.8 Å². The zero-order valence-electron chi connectivity index (χ0n) is 14.3. The number of fused-ring (bicyclic) bond motifs is 3. The number of aromatic nitrogens is 2. The molecular weight excluding hydrogens is 351 g/mol. The number of aromatic amines is 1. The topological polar surface area (TPSA) is 84.4 Å². The molecule has 0 bridgehead atoms. The average Bonchev–Trinajstić information content (AvgIpc) is 3.02. The minimum Gasteiger partial charge on any atom is -0.477 e. The van der Waals surface area contributed by atoms with E-state index in [1.807, 2.05) is 12.1 Å². The first-order valence-corrected chi connectivity index (χ1v) is 8.16. The summed E-state index contributed by atoms with van der Waals surface area (Å²) in [5, 5.41) is 11.0. The Balaban J connectivity index is 1.88. The van der Waals surface area contributed by atoms with Gasteiger partial charge in [-0.15, -0.1) is 0 Å². The standard InChI is InChI=1S/C20H15FN2O4/c1-26-10-15-18-14-8-13(27-12-4-2-11(21)3-5-12)6-7-16(14)23-17(18)9-22-19(15)20(24)25/h2-9,23H,10H2,1H3,(H,24,25). The number of halogens is 1. The fourth-order valence-electron chi connectivity index (χ4n) is 3.11. The molecule has 0 saturated heterocycles. The third-order valence-electron chi connectivity index (χ3n) is 4.25. The molecule has 0 atom stereocenters. The minimum atomic E-state index is -1.11. The molecule has 0 aliphatic rings. The molecule has 0 unspecified atom stereocenters. The number of hydrogen-bond donors (Lipinski definition) is 2. The molecule has 0 aliphatic heterocycles. The quantitative estimate of drug-likeness (QED) is 0.544. The van der Waals surface area contributed by atoms with Gasteiger partial charge in [0.25, 0.3) is 0 Å². The highest BCUT2D eigenvalue weighted by Crippen LogP contribution is 2.33. The van der Waals surface area contributed by atoms with Gasteiger partial charge in [-0.05, 0) is 42.5 Å². The Hall–Kier alpha value is -3.45. The lowest BCUT2D eigenvalue weighted by molar-refractivity contribution is 0.0685. The van der Waals surface area contributed by atoms with E-state index in [2.05, 4.69) is 9.97 Å². The van der Waals surface area contributed by atoms with E-state index in [1.54, 1.807) is 6.07 Å². The van der Waals surface area contributed by atoms with Crippen molar-refractivity contribution in [2.24, 2.45) is 0 Å². The van der Waals surface area contributed by atoms with E-state index >= 15 is 0 Å². The highest BCUT2D eigenvalue weighted by Gasteiger charge is 2.19. The third-order valence-corrected chi connectivity index (χ3v) is 4.25. The van der Waals surface area contributed by atoms with E-state index in [4.69, 9.17) is 9.47 Å². The Morgan fingerprint density at radius 1 is 1.15 bits per heavy atom. The minimum absolute atomic E-state index is 0.0462. The van der Waals surface area contributed by atoms with Crippen molar-refractivity contribution >= 4 is 27.8 Å². The molecule has 136 valence electrons. The highest BCUT2D eigenvalue weighted by atomic mass is 19.1. The van der Waals surface area contributed by atoms with E-state index in [0.29, 0.717) is 22.6 Å². The zero-order valence-corrected chi connectivity index (χ0v) is 14.3. The molecule has 7 heteroatoms. The lowest BCUT2D eigenvalue weighted by Crippen LogP contribution is -2.07. The number of hydrogen-bond acceptors (Lipinski definition) is 4. The molecule has 2 aromatic heterocycles. The second kappa shape index (κ2) is 6.69. The maximum absolute atomic E-state index is 13.1. The molecule has 4 aromatic rings. The van der Waals surface area contributed by atoms with E-state index in [0.717, 1.165) is 16.3 Å². The number of nitrogens with zero attached hydrogens (tertiary/aromatic N) is 1. The summed E-state index contributed by atoms with van der Waals surface area (Å²) < 4.78 is 24.1. The van der Waals surface area contributed by atoms with Crippen molar-refractivity contribution in [3.05, 3.63) is 65.7 Å². The van der Waals surface area contributed by atoms with Crippen LogP contribution in [0.1, 0.15) is 16.1 Å². The molecule has 0 saturated carbocycles. The maximum Gasteiger partial charge on any atom is 0.354 e. The van der Waals surface area contributed by atoms with Gasteiger partial charge in [-0.2, -0.15) is 0 Å². The van der Waals surface area contributed by atoms with Crippen LogP contribution in [-0.2, 0) is 11.3 Å². The molecule has 6 nitrogen and oxygen atoms in total. The monoisotopic (exact) mass is 366 g/mol. The van der Waals surface area contributed by atoms with Gasteiger partial charge in [0, 0.05) is 29.0 Å². The Morgan fingerprint density at radius 2 is 1.89 bits per heavy atom. The number of benzene rings is 2. The lowest BCUT2D eigenvalue weighted by Gasteiger charge is -2.08. The van der Waals surface area contributed by atoms with Crippen molar-refractivity contribution in [3.63, 3.8) is 0 Å². The van der Waals surface area contributed by atoms with Gasteiger partial charge in [-0.25, -0.2) is 14.2 Å². The van der Waals surface area contributed by atoms with Crippen LogP contribution in [0.3, 0.4) is 0 Å². The Morgan fingerprint density at radius 3 is 2.59 bits per heavy atom. The number of pyridine rings is 1. The number of ether oxygens (including phenoxy) is 2. The first-order chi connectivity index (χ1) is 13.1. The van der Waals surface area contributed by atoms with Gasteiger partial charge in [-0.1, -0.05) is 0 Å². The number of nitrogens with one attached hydrogen (secondary N) is 1. The summed E-state index contributed by atoms with van der Waals surface area (Å²) in [6.07, 6.45) is 1.50. The van der Waals surface area contributed by atoms with Gasteiger partial charge < -0.3 is 19.6 Å². The van der Waals surface area contributed by atoms with Crippen molar-refractivity contribution < 1.29 is 23.8 Å². The first-order valence-electron chi connectivity index (χ1n) is 8.16. The van der Waals surface area contributed by atoms with Crippen LogP contribution in [0.15, 0.2) is 48.7 Å². The molecule has 0 radical (unpaired) electrons. The highest BCUT2D eigenvalue weighted by molar-refractivity contribution is 6.11. The number of carbonyl (C=O) groups is 1. The molecule has 4 rings (SSSR count). The lowest BCUT2D eigenvalue weighted by atomic mass is 10.1. The normalized spacial score (nSPS) is 11.2. The summed E-state index contributed by atoms with van der Waals surface area (Å²) in [6.45, 7) is 0.113. The van der Waals surface area contributed by atoms with Crippen LogP contribution < -0.4 is 4.74 Å². The molecule has 2 N–H and O–H groups in total. The number of methoxy groups -OCH3 is 1. The van der Waals surface area contributed by atoms with Crippen molar-refractivity contribution in [1.82, 2.24) is 9.97 Å². The van der Waals surface area contributed by atoms with Crippen LogP contribution >= 0.6 is 0 Å². The molecule has 0 fully saturated rings. The summed E-state index contributed by atoms with van der Waals surface area (Å²) in [4.78, 5) is 18.8. The molecular formula is C20H15FN2O4. The van der Waals surface area contributed by atoms with Crippen molar-refractivity contribution in [2.75, 3.05) is 7.11 Å². The Kier molecular flexibility index (Phi) is 4.21. The fraction of sp³-hybridized carbons (Fsp3) is 0.100. The van der Waals surface area contributed by atoms with E-state index in [-0.39, 0.29) is 18.1 Å². The van der Waals surface area contributed by atoms with Gasteiger partial charge in [0.2, 0.25) is 0 Å². The molecule has 27 heavy (non-hydrogen) atoms. The predicted octanol–water partition coefficient (Wildman–Crippen LogP) is 4.49. The van der Waals surface area contributed by atoms with Gasteiger partial charge in [0.05, 0.1) is 18.3 Å². The predicted molar refractivity (Wildman–Crippen MR) is 97.7 cm³/mol. The number of carboxylic acid groups (broad SMARTS) is 1. The fourth-order valence-corrected chi connectivity index (χ4v) is 3.11. The summed E-state index contributed by atoms with van der Waals surface area (Å²) in [7, 11) is 1.50. The molecule has 0 amide bonds. The smallest absolute Gasteiger partial charge is 0.354 e. The van der Waals surface area contributed by atoms with Gasteiger partial charge in [-0.3, -0.25) is 0 Å². The summed E-state index contributed by atoms with van der Waals surface area (Å²) >= 11 is 0. The van der Waals surface area contributed by atoms with Crippen LogP contribution in [0, 0.1) is 5.82 Å². The van der Waals surface area contributed by atoms with Crippen molar-refractivity contribution in [3.8, 4) is 11.5 Å². The van der Waals surface area contributed by atoms with E-state index in [9.17, 15) is 14.3 Å². The second-order valence-corrected chi connectivity index (χ2v) is 6.00. The van der Waals surface area contributed by atoms with Crippen LogP contribution in [0.2, 0.25) is 0 Å². The number of aromatic carboxylic acids is 1. The third kappa shape index (κ3) is 3.09. The average molecular weight is 366 g/mol. The van der Waals surface area contributed by atoms with Crippen LogP contribution in [0.4, 0.5) is 4.39 Å². The number of H-pyrrole nitrogens is 1. The van der Waals surface area contributed by atoms with Gasteiger partial charge in [0.15, 0.2) is 5.69 Å². The second-order valence-electron chi connectivity index (χ2n) is 6.00. The van der Waals surface area contributed by atoms with Crippen molar-refractivity contribution in [1.29, 1.82) is 0 Å². The molecule has 0 aliphatic carbocycles. The Labute approximate surface area is 153 Å². The molecule has 2 aromatic carbocycles. The maximum atomic E-state index is 13.1. The molecule has 2 heterocycles. The van der Waals surface area contributed by atoms with Crippen molar-refractivity contribution in [2.45, 2.75) is 6.61 Å². The zero-order chi connectivity index (χ0) is 19.0. The van der Waals surface area contributed by atoms with Crippen LogP contribution in [0.5, 0.6) is 11.5 Å². The van der Waals surface area contributed by atoms with E-state index in [1.165, 1.54) is 37.6 Å². The summed E-state index contributed by atoms with van der Waals surface area (Å²) in [6, 6.07) is 11.1. The number of rotatable bonds is 5. The first kappa shape index (κ1) is 17.0. The largest absolute Gasteiger partial charge is 0.477 e. The van der Waals surface area contributed by atoms with E-state index < -0.39 is 5.97 Å². The van der Waals surface area contributed by atoms with Gasteiger partial charge >= 0.3 is 5.97 Å². The number of carboxylic acids is 1. The summed E-state index contributed by atoms with van der Waals surface area (Å²) in [5.41, 5.74) is 1.97. The van der Waals surface area contributed by atoms with Gasteiger partial charge in [0.1, 0.15) is 17.3 Å². The summed E-state index contributed by atoms with van der Waals surface area (Å²) in [5.74, 6) is -0.406. The Bertz CT molecular complexity index is 1150. The van der Waals surface area contributed by atoms with Crippen LogP contribution in [-0.4, -0.2) is 28.2 Å². The molecule has 0 spiro atoms. The SMILES string of the molecule is COCc1c(C(=O)O)ncc2[nH]c3ccc(Oc4ccc(F)cc4)cc3c12.